The number of anilines is 2. The zero-order valence-corrected chi connectivity index (χ0v) is 12.7. The summed E-state index contributed by atoms with van der Waals surface area (Å²) in [4.78, 5) is 8.56. The highest BCUT2D eigenvalue weighted by atomic mass is 35.5. The van der Waals surface area contributed by atoms with E-state index in [1.54, 1.807) is 4.52 Å². The zero-order valence-electron chi connectivity index (χ0n) is 12.0. The summed E-state index contributed by atoms with van der Waals surface area (Å²) in [6, 6.07) is 9.54. The zero-order chi connectivity index (χ0) is 15.5. The SMILES string of the molecule is Cc1cc(Nc2cccc(Cl)c2)n2nc(OCCN)nc2n1. The van der Waals surface area contributed by atoms with Gasteiger partial charge in [-0.2, -0.15) is 9.50 Å². The van der Waals surface area contributed by atoms with Crippen LogP contribution in [0.15, 0.2) is 30.3 Å². The Balaban J connectivity index is 1.98. The molecule has 0 spiro atoms. The lowest BCUT2D eigenvalue weighted by molar-refractivity contribution is 0.303. The highest BCUT2D eigenvalue weighted by molar-refractivity contribution is 6.30. The van der Waals surface area contributed by atoms with E-state index in [1.165, 1.54) is 0 Å². The van der Waals surface area contributed by atoms with E-state index in [1.807, 2.05) is 37.3 Å². The van der Waals surface area contributed by atoms with E-state index in [0.717, 1.165) is 17.2 Å². The summed E-state index contributed by atoms with van der Waals surface area (Å²) in [6.07, 6.45) is 0. The highest BCUT2D eigenvalue weighted by Gasteiger charge is 2.11. The van der Waals surface area contributed by atoms with Crippen LogP contribution in [0.25, 0.3) is 5.78 Å². The second-order valence-corrected chi connectivity index (χ2v) is 5.10. The second-order valence-electron chi connectivity index (χ2n) is 4.66. The van der Waals surface area contributed by atoms with Crippen LogP contribution in [0.2, 0.25) is 5.02 Å². The van der Waals surface area contributed by atoms with Gasteiger partial charge in [0.05, 0.1) is 0 Å². The molecule has 0 aliphatic heterocycles. The Morgan fingerprint density at radius 3 is 2.95 bits per heavy atom. The molecule has 0 saturated heterocycles. The lowest BCUT2D eigenvalue weighted by Crippen LogP contribution is -2.11. The third-order valence-corrected chi connectivity index (χ3v) is 3.10. The molecule has 0 fully saturated rings. The van der Waals surface area contributed by atoms with E-state index in [2.05, 4.69) is 20.4 Å². The lowest BCUT2D eigenvalue weighted by Gasteiger charge is -2.08. The molecule has 0 aliphatic rings. The van der Waals surface area contributed by atoms with Crippen LogP contribution in [0.1, 0.15) is 5.69 Å². The molecule has 2 heterocycles. The molecular formula is C14H15ClN6O. The molecule has 0 unspecified atom stereocenters. The van der Waals surface area contributed by atoms with Crippen LogP contribution in [-0.4, -0.2) is 32.7 Å². The van der Waals surface area contributed by atoms with Gasteiger partial charge in [0.2, 0.25) is 0 Å². The van der Waals surface area contributed by atoms with Crippen molar-refractivity contribution >= 4 is 28.9 Å². The Morgan fingerprint density at radius 2 is 2.18 bits per heavy atom. The first-order valence-corrected chi connectivity index (χ1v) is 7.13. The molecule has 3 aromatic rings. The van der Waals surface area contributed by atoms with Crippen LogP contribution in [0, 0.1) is 6.92 Å². The fourth-order valence-corrected chi connectivity index (χ4v) is 2.17. The molecule has 1 aromatic carbocycles. The molecule has 3 N–H and O–H groups in total. The molecule has 0 bridgehead atoms. The average Bonchev–Trinajstić information content (AvgIpc) is 2.88. The van der Waals surface area contributed by atoms with Crippen molar-refractivity contribution in [1.82, 2.24) is 19.6 Å². The van der Waals surface area contributed by atoms with Crippen molar-refractivity contribution in [3.63, 3.8) is 0 Å². The van der Waals surface area contributed by atoms with E-state index in [4.69, 9.17) is 22.1 Å². The van der Waals surface area contributed by atoms with Crippen LogP contribution in [0.4, 0.5) is 11.5 Å². The average molecular weight is 319 g/mol. The summed E-state index contributed by atoms with van der Waals surface area (Å²) < 4.78 is 6.93. The molecule has 114 valence electrons. The molecule has 0 atom stereocenters. The van der Waals surface area contributed by atoms with Gasteiger partial charge in [-0.05, 0) is 25.1 Å². The van der Waals surface area contributed by atoms with E-state index in [-0.39, 0.29) is 6.01 Å². The third-order valence-electron chi connectivity index (χ3n) is 2.87. The predicted octanol–water partition coefficient (Wildman–Crippen LogP) is 2.17. The van der Waals surface area contributed by atoms with Gasteiger partial charge in [0.15, 0.2) is 0 Å². The van der Waals surface area contributed by atoms with E-state index in [0.29, 0.717) is 24.0 Å². The number of hydrogen-bond acceptors (Lipinski definition) is 6. The van der Waals surface area contributed by atoms with Crippen LogP contribution in [0.3, 0.4) is 0 Å². The summed E-state index contributed by atoms with van der Waals surface area (Å²) in [5, 5.41) is 8.18. The third kappa shape index (κ3) is 3.10. The number of fused-ring (bicyclic) bond motifs is 1. The van der Waals surface area contributed by atoms with Gasteiger partial charge in [0.1, 0.15) is 12.4 Å². The Bertz CT molecular complexity index is 803. The number of nitrogens with zero attached hydrogens (tertiary/aromatic N) is 4. The molecule has 2 aromatic heterocycles. The Kier molecular flexibility index (Phi) is 4.08. The molecule has 0 saturated carbocycles. The van der Waals surface area contributed by atoms with Crippen LogP contribution < -0.4 is 15.8 Å². The number of halogens is 1. The van der Waals surface area contributed by atoms with Gasteiger partial charge in [-0.25, -0.2) is 4.98 Å². The van der Waals surface area contributed by atoms with E-state index in [9.17, 15) is 0 Å². The molecular weight excluding hydrogens is 304 g/mol. The van der Waals surface area contributed by atoms with Gasteiger partial charge in [0.25, 0.3) is 5.78 Å². The maximum Gasteiger partial charge on any atom is 0.337 e. The molecule has 7 nitrogen and oxygen atoms in total. The molecule has 0 aliphatic carbocycles. The summed E-state index contributed by atoms with van der Waals surface area (Å²) in [5.74, 6) is 1.18. The minimum Gasteiger partial charge on any atom is -0.461 e. The highest BCUT2D eigenvalue weighted by Crippen LogP contribution is 2.21. The van der Waals surface area contributed by atoms with Gasteiger partial charge >= 0.3 is 6.01 Å². The number of nitrogens with one attached hydrogen (secondary N) is 1. The van der Waals surface area contributed by atoms with Crippen molar-refractivity contribution in [2.24, 2.45) is 5.73 Å². The Morgan fingerprint density at radius 1 is 1.32 bits per heavy atom. The van der Waals surface area contributed by atoms with Crippen molar-refractivity contribution < 1.29 is 4.74 Å². The number of benzene rings is 1. The first-order valence-electron chi connectivity index (χ1n) is 6.75. The van der Waals surface area contributed by atoms with Crippen molar-refractivity contribution in [1.29, 1.82) is 0 Å². The first kappa shape index (κ1) is 14.6. The fourth-order valence-electron chi connectivity index (χ4n) is 1.98. The fraction of sp³-hybridized carbons (Fsp3) is 0.214. The van der Waals surface area contributed by atoms with Crippen LogP contribution in [-0.2, 0) is 0 Å². The maximum atomic E-state index is 6.00. The Labute approximate surface area is 132 Å². The summed E-state index contributed by atoms with van der Waals surface area (Å²) in [7, 11) is 0. The number of aromatic nitrogens is 4. The number of hydrogen-bond donors (Lipinski definition) is 2. The minimum atomic E-state index is 0.248. The smallest absolute Gasteiger partial charge is 0.337 e. The summed E-state index contributed by atoms with van der Waals surface area (Å²) in [5.41, 5.74) is 7.07. The van der Waals surface area contributed by atoms with Gasteiger partial charge in [-0.15, -0.1) is 5.10 Å². The largest absolute Gasteiger partial charge is 0.461 e. The van der Waals surface area contributed by atoms with Gasteiger partial charge in [-0.1, -0.05) is 17.7 Å². The topological polar surface area (TPSA) is 90.4 Å². The van der Waals surface area contributed by atoms with Crippen molar-refractivity contribution in [2.45, 2.75) is 6.92 Å². The number of nitrogens with two attached hydrogens (primary N) is 1. The number of ether oxygens (including phenoxy) is 1. The molecule has 0 amide bonds. The minimum absolute atomic E-state index is 0.248. The van der Waals surface area contributed by atoms with E-state index >= 15 is 0 Å². The number of aryl methyl sites for hydroxylation is 1. The predicted molar refractivity (Wildman–Crippen MR) is 84.8 cm³/mol. The second kappa shape index (κ2) is 6.17. The maximum absolute atomic E-state index is 6.00. The van der Waals surface area contributed by atoms with Gasteiger partial charge in [-0.3, -0.25) is 0 Å². The molecule has 22 heavy (non-hydrogen) atoms. The van der Waals surface area contributed by atoms with Crippen LogP contribution in [0.5, 0.6) is 6.01 Å². The van der Waals surface area contributed by atoms with Crippen molar-refractivity contribution in [2.75, 3.05) is 18.5 Å². The monoisotopic (exact) mass is 318 g/mol. The summed E-state index contributed by atoms with van der Waals surface area (Å²) >= 11 is 6.00. The van der Waals surface area contributed by atoms with Crippen molar-refractivity contribution in [3.05, 3.63) is 41.0 Å². The normalized spacial score (nSPS) is 10.9. The molecule has 3 rings (SSSR count). The summed E-state index contributed by atoms with van der Waals surface area (Å²) in [6.45, 7) is 2.64. The van der Waals surface area contributed by atoms with Crippen molar-refractivity contribution in [3.8, 4) is 6.01 Å². The first-order chi connectivity index (χ1) is 10.7. The molecule has 0 radical (unpaired) electrons. The van der Waals surface area contributed by atoms with E-state index < -0.39 is 0 Å². The number of rotatable bonds is 5. The molecule has 8 heteroatoms. The van der Waals surface area contributed by atoms with Crippen LogP contribution >= 0.6 is 11.6 Å². The quantitative estimate of drug-likeness (QED) is 0.749. The standard InChI is InChI=1S/C14H15ClN6O/c1-9-7-12(18-11-4-2-3-10(15)8-11)21-13(17-9)19-14(20-21)22-6-5-16/h2-4,7-8,18H,5-6,16H2,1H3. The van der Waals surface area contributed by atoms with Gasteiger partial charge < -0.3 is 15.8 Å². The lowest BCUT2D eigenvalue weighted by atomic mass is 10.3. The Hall–Kier alpha value is -2.38. The van der Waals surface area contributed by atoms with Gasteiger partial charge in [0, 0.05) is 29.0 Å².